The minimum atomic E-state index is -0.419. The molecule has 6 nitrogen and oxygen atoms in total. The van der Waals surface area contributed by atoms with Gasteiger partial charge in [-0.05, 0) is 35.9 Å². The number of hydrogen-bond acceptors (Lipinski definition) is 4. The van der Waals surface area contributed by atoms with Crippen molar-refractivity contribution >= 4 is 5.91 Å². The van der Waals surface area contributed by atoms with Crippen molar-refractivity contribution < 1.29 is 18.7 Å². The molecule has 1 amide bonds. The summed E-state index contributed by atoms with van der Waals surface area (Å²) >= 11 is 0. The van der Waals surface area contributed by atoms with Crippen LogP contribution in [0.2, 0.25) is 0 Å². The number of aromatic nitrogens is 2. The van der Waals surface area contributed by atoms with Crippen LogP contribution < -0.4 is 9.47 Å². The second-order valence-corrected chi connectivity index (χ2v) is 6.54. The number of ether oxygens (including phenoxy) is 2. The summed E-state index contributed by atoms with van der Waals surface area (Å²) in [5.41, 5.74) is 2.05. The van der Waals surface area contributed by atoms with Crippen molar-refractivity contribution in [2.75, 3.05) is 13.7 Å². The highest BCUT2D eigenvalue weighted by atomic mass is 19.1. The molecular weight excluding hydrogens is 361 g/mol. The molecule has 4 rings (SSSR count). The van der Waals surface area contributed by atoms with Crippen molar-refractivity contribution in [3.8, 4) is 11.5 Å². The van der Waals surface area contributed by atoms with Crippen LogP contribution in [0.15, 0.2) is 54.6 Å². The summed E-state index contributed by atoms with van der Waals surface area (Å²) in [5.74, 6) is 0.407. The average molecular weight is 381 g/mol. The summed E-state index contributed by atoms with van der Waals surface area (Å²) < 4.78 is 26.0. The predicted molar refractivity (Wildman–Crippen MR) is 101 cm³/mol. The van der Waals surface area contributed by atoms with E-state index >= 15 is 0 Å². The maximum Gasteiger partial charge on any atom is 0.272 e. The maximum atomic E-state index is 13.6. The summed E-state index contributed by atoms with van der Waals surface area (Å²) in [5, 5.41) is 4.47. The molecule has 0 N–H and O–H groups in total. The average Bonchev–Trinajstić information content (AvgIpc) is 3.15. The first-order valence-corrected chi connectivity index (χ1v) is 9.00. The summed E-state index contributed by atoms with van der Waals surface area (Å²) in [6, 6.07) is 15.9. The minimum Gasteiger partial charge on any atom is -0.494 e. The van der Waals surface area contributed by atoms with Gasteiger partial charge in [0.15, 0.2) is 11.6 Å². The lowest BCUT2D eigenvalue weighted by Crippen LogP contribution is -2.39. The number of fused-ring (bicyclic) bond motifs is 1. The van der Waals surface area contributed by atoms with E-state index in [0.717, 1.165) is 11.3 Å². The molecular formula is C21H20FN3O3. The molecule has 3 aromatic rings. The first kappa shape index (κ1) is 18.0. The lowest BCUT2D eigenvalue weighted by molar-refractivity contribution is 0.0683. The van der Waals surface area contributed by atoms with Crippen LogP contribution in [0.3, 0.4) is 0 Å². The topological polar surface area (TPSA) is 56.6 Å². The standard InChI is InChI=1S/C21H20FN3O3/c1-27-20-11-15(7-8-18(20)22)13-24-9-10-25-19(21(24)26)12-16(23-25)14-28-17-5-3-2-4-6-17/h2-8,11-12H,9-10,13-14H2,1H3. The van der Waals surface area contributed by atoms with Gasteiger partial charge in [-0.3, -0.25) is 9.48 Å². The van der Waals surface area contributed by atoms with E-state index in [1.807, 2.05) is 30.3 Å². The molecule has 0 atom stereocenters. The number of nitrogens with zero attached hydrogens (tertiary/aromatic N) is 3. The SMILES string of the molecule is COc1cc(CN2CCn3nc(COc4ccccc4)cc3C2=O)ccc1F. The Morgan fingerprint density at radius 1 is 1.11 bits per heavy atom. The van der Waals surface area contributed by atoms with Gasteiger partial charge >= 0.3 is 0 Å². The first-order chi connectivity index (χ1) is 13.6. The molecule has 1 aliphatic heterocycles. The molecule has 0 radical (unpaired) electrons. The van der Waals surface area contributed by atoms with Crippen LogP contribution in [0.4, 0.5) is 4.39 Å². The van der Waals surface area contributed by atoms with Crippen molar-refractivity contribution in [2.45, 2.75) is 19.7 Å². The molecule has 0 bridgehead atoms. The van der Waals surface area contributed by atoms with Gasteiger partial charge in [-0.2, -0.15) is 5.10 Å². The van der Waals surface area contributed by atoms with Gasteiger partial charge in [0.1, 0.15) is 23.7 Å². The van der Waals surface area contributed by atoms with E-state index in [4.69, 9.17) is 9.47 Å². The fourth-order valence-corrected chi connectivity index (χ4v) is 3.21. The van der Waals surface area contributed by atoms with Crippen LogP contribution in [0, 0.1) is 5.82 Å². The fourth-order valence-electron chi connectivity index (χ4n) is 3.21. The van der Waals surface area contributed by atoms with E-state index in [9.17, 15) is 9.18 Å². The van der Waals surface area contributed by atoms with Crippen molar-refractivity contribution in [1.82, 2.24) is 14.7 Å². The molecule has 0 spiro atoms. The molecule has 2 aromatic carbocycles. The Balaban J connectivity index is 1.45. The van der Waals surface area contributed by atoms with Crippen LogP contribution >= 0.6 is 0 Å². The maximum absolute atomic E-state index is 13.6. The van der Waals surface area contributed by atoms with Gasteiger partial charge in [0.2, 0.25) is 0 Å². The van der Waals surface area contributed by atoms with E-state index < -0.39 is 5.82 Å². The molecule has 0 aliphatic carbocycles. The Bertz CT molecular complexity index is 988. The highest BCUT2D eigenvalue weighted by Crippen LogP contribution is 2.22. The third-order valence-electron chi connectivity index (χ3n) is 4.64. The Kier molecular flexibility index (Phi) is 4.97. The minimum absolute atomic E-state index is 0.104. The van der Waals surface area contributed by atoms with Gasteiger partial charge in [-0.15, -0.1) is 0 Å². The van der Waals surface area contributed by atoms with Crippen LogP contribution in [0.1, 0.15) is 21.7 Å². The van der Waals surface area contributed by atoms with Gasteiger partial charge in [0.05, 0.1) is 13.7 Å². The van der Waals surface area contributed by atoms with Crippen LogP contribution in [-0.4, -0.2) is 34.2 Å². The molecule has 0 saturated heterocycles. The second-order valence-electron chi connectivity index (χ2n) is 6.54. The number of para-hydroxylation sites is 1. The molecule has 0 fully saturated rings. The number of methoxy groups -OCH3 is 1. The van der Waals surface area contributed by atoms with Gasteiger partial charge in [0, 0.05) is 13.1 Å². The van der Waals surface area contributed by atoms with E-state index in [1.165, 1.54) is 13.2 Å². The molecule has 1 aromatic heterocycles. The lowest BCUT2D eigenvalue weighted by atomic mass is 10.1. The Hall–Kier alpha value is -3.35. The number of benzene rings is 2. The number of carbonyl (C=O) groups excluding carboxylic acids is 1. The largest absolute Gasteiger partial charge is 0.494 e. The second kappa shape index (κ2) is 7.72. The number of carbonyl (C=O) groups is 1. The Labute approximate surface area is 162 Å². The monoisotopic (exact) mass is 381 g/mol. The van der Waals surface area contributed by atoms with E-state index in [2.05, 4.69) is 5.10 Å². The third kappa shape index (κ3) is 3.69. The van der Waals surface area contributed by atoms with Crippen LogP contribution in [0.5, 0.6) is 11.5 Å². The Morgan fingerprint density at radius 3 is 2.71 bits per heavy atom. The van der Waals surface area contributed by atoms with Crippen molar-refractivity contribution in [1.29, 1.82) is 0 Å². The van der Waals surface area contributed by atoms with Gasteiger partial charge in [-0.1, -0.05) is 24.3 Å². The number of halogens is 1. The summed E-state index contributed by atoms with van der Waals surface area (Å²) in [7, 11) is 1.42. The van der Waals surface area contributed by atoms with Crippen LogP contribution in [0.25, 0.3) is 0 Å². The fraction of sp³-hybridized carbons (Fsp3) is 0.238. The van der Waals surface area contributed by atoms with E-state index in [0.29, 0.717) is 37.6 Å². The molecule has 2 heterocycles. The zero-order valence-electron chi connectivity index (χ0n) is 15.5. The predicted octanol–water partition coefficient (Wildman–Crippen LogP) is 3.27. The highest BCUT2D eigenvalue weighted by molar-refractivity contribution is 5.93. The van der Waals surface area contributed by atoms with Crippen LogP contribution in [-0.2, 0) is 19.7 Å². The number of hydrogen-bond donors (Lipinski definition) is 0. The van der Waals surface area contributed by atoms with Gasteiger partial charge in [0.25, 0.3) is 5.91 Å². The normalized spacial score (nSPS) is 13.4. The molecule has 28 heavy (non-hydrogen) atoms. The van der Waals surface area contributed by atoms with Crippen molar-refractivity contribution in [3.63, 3.8) is 0 Å². The molecule has 0 saturated carbocycles. The molecule has 144 valence electrons. The third-order valence-corrected chi connectivity index (χ3v) is 4.64. The summed E-state index contributed by atoms with van der Waals surface area (Å²) in [4.78, 5) is 14.6. The quantitative estimate of drug-likeness (QED) is 0.658. The summed E-state index contributed by atoms with van der Waals surface area (Å²) in [6.45, 7) is 1.82. The molecule has 0 unspecified atom stereocenters. The molecule has 1 aliphatic rings. The van der Waals surface area contributed by atoms with E-state index in [1.54, 1.807) is 27.8 Å². The highest BCUT2D eigenvalue weighted by Gasteiger charge is 2.26. The zero-order chi connectivity index (χ0) is 19.5. The van der Waals surface area contributed by atoms with Crippen molar-refractivity contribution in [2.24, 2.45) is 0 Å². The number of amides is 1. The Morgan fingerprint density at radius 2 is 1.93 bits per heavy atom. The zero-order valence-corrected chi connectivity index (χ0v) is 15.5. The van der Waals surface area contributed by atoms with Crippen molar-refractivity contribution in [3.05, 3.63) is 77.4 Å². The van der Waals surface area contributed by atoms with Gasteiger partial charge < -0.3 is 14.4 Å². The van der Waals surface area contributed by atoms with E-state index in [-0.39, 0.29) is 11.7 Å². The lowest BCUT2D eigenvalue weighted by Gasteiger charge is -2.27. The molecule has 7 heteroatoms. The summed E-state index contributed by atoms with van der Waals surface area (Å²) in [6.07, 6.45) is 0. The smallest absolute Gasteiger partial charge is 0.272 e. The number of rotatable bonds is 6. The van der Waals surface area contributed by atoms with Gasteiger partial charge in [-0.25, -0.2) is 4.39 Å². The first-order valence-electron chi connectivity index (χ1n) is 9.00.